The molecule has 7 nitrogen and oxygen atoms in total. The molecule has 2 fully saturated rings. The molecule has 7 heteroatoms. The average molecular weight is 498 g/mol. The normalized spacial score (nSPS) is 26.8. The molecule has 36 heavy (non-hydrogen) atoms. The van der Waals surface area contributed by atoms with Crippen molar-refractivity contribution in [2.24, 2.45) is 0 Å². The van der Waals surface area contributed by atoms with Gasteiger partial charge in [0.15, 0.2) is 12.1 Å². The molecule has 1 aromatic carbocycles. The predicted octanol–water partition coefficient (Wildman–Crippen LogP) is 4.69. The zero-order valence-electron chi connectivity index (χ0n) is 21.9. The van der Waals surface area contributed by atoms with Crippen LogP contribution in [-0.2, 0) is 27.1 Å². The molecule has 0 saturated carbocycles. The van der Waals surface area contributed by atoms with Gasteiger partial charge >= 0.3 is 0 Å². The molecule has 4 atom stereocenters. The van der Waals surface area contributed by atoms with Gasteiger partial charge in [0.25, 0.3) is 0 Å². The molecule has 0 unspecified atom stereocenters. The topological polar surface area (TPSA) is 84.9 Å². The summed E-state index contributed by atoms with van der Waals surface area (Å²) in [6.07, 6.45) is 10.4. The Morgan fingerprint density at radius 1 is 0.972 bits per heavy atom. The minimum atomic E-state index is -0.683. The number of aromatic nitrogens is 1. The van der Waals surface area contributed by atoms with E-state index < -0.39 is 18.2 Å². The number of hydrogen-bond acceptors (Lipinski definition) is 7. The summed E-state index contributed by atoms with van der Waals surface area (Å²) in [6.45, 7) is 6.29. The fourth-order valence-corrected chi connectivity index (χ4v) is 5.84. The Morgan fingerprint density at radius 3 is 2.56 bits per heavy atom. The highest BCUT2D eigenvalue weighted by atomic mass is 16.8. The first kappa shape index (κ1) is 25.9. The van der Waals surface area contributed by atoms with Crippen molar-refractivity contribution in [2.75, 3.05) is 25.0 Å². The van der Waals surface area contributed by atoms with Gasteiger partial charge in [-0.05, 0) is 70.5 Å². The van der Waals surface area contributed by atoms with Crippen molar-refractivity contribution in [3.05, 3.63) is 35.5 Å². The Hall–Kier alpha value is -1.77. The molecule has 2 aromatic rings. The van der Waals surface area contributed by atoms with Crippen molar-refractivity contribution >= 4 is 16.6 Å². The van der Waals surface area contributed by atoms with Crippen LogP contribution >= 0.6 is 0 Å². The van der Waals surface area contributed by atoms with Crippen LogP contribution in [0.25, 0.3) is 10.9 Å². The molecule has 1 aromatic heterocycles. The first-order valence-electron chi connectivity index (χ1n) is 14.1. The van der Waals surface area contributed by atoms with E-state index in [0.29, 0.717) is 6.54 Å². The minimum absolute atomic E-state index is 0.272. The molecule has 198 valence electrons. The van der Waals surface area contributed by atoms with Crippen LogP contribution in [0.3, 0.4) is 0 Å². The highest BCUT2D eigenvalue weighted by Crippen LogP contribution is 2.37. The highest BCUT2D eigenvalue weighted by molar-refractivity contribution is 5.93. The smallest absolute Gasteiger partial charge is 0.190 e. The predicted molar refractivity (Wildman–Crippen MR) is 142 cm³/mol. The maximum atomic E-state index is 10.4. The molecule has 2 aliphatic heterocycles. The van der Waals surface area contributed by atoms with E-state index in [9.17, 15) is 5.11 Å². The van der Waals surface area contributed by atoms with Crippen molar-refractivity contribution in [3.8, 4) is 0 Å². The molecular weight excluding hydrogens is 454 g/mol. The van der Waals surface area contributed by atoms with Gasteiger partial charge in [-0.25, -0.2) is 0 Å². The maximum Gasteiger partial charge on any atom is 0.190 e. The number of benzene rings is 1. The quantitative estimate of drug-likeness (QED) is 0.367. The lowest BCUT2D eigenvalue weighted by atomic mass is 9.92. The van der Waals surface area contributed by atoms with Gasteiger partial charge in [0.1, 0.15) is 18.3 Å². The van der Waals surface area contributed by atoms with Crippen LogP contribution in [-0.4, -0.2) is 60.1 Å². The van der Waals surface area contributed by atoms with Crippen molar-refractivity contribution in [3.63, 3.8) is 0 Å². The van der Waals surface area contributed by atoms with Crippen LogP contribution in [0.5, 0.6) is 0 Å². The van der Waals surface area contributed by atoms with Crippen LogP contribution in [0.1, 0.15) is 76.5 Å². The van der Waals surface area contributed by atoms with E-state index in [0.717, 1.165) is 37.9 Å². The zero-order chi connectivity index (χ0) is 25.0. The van der Waals surface area contributed by atoms with Crippen molar-refractivity contribution in [1.82, 2.24) is 10.3 Å². The van der Waals surface area contributed by atoms with Gasteiger partial charge in [0.05, 0.1) is 5.52 Å². The molecular formula is C29H43N3O4. The lowest BCUT2D eigenvalue weighted by molar-refractivity contribution is -0.214. The number of fused-ring (bicyclic) bond motifs is 3. The third kappa shape index (κ3) is 6.03. The number of pyridine rings is 1. The van der Waals surface area contributed by atoms with Crippen molar-refractivity contribution in [2.45, 2.75) is 108 Å². The molecule has 3 aliphatic rings. The summed E-state index contributed by atoms with van der Waals surface area (Å²) in [6, 6.07) is 8.56. The van der Waals surface area contributed by atoms with Crippen LogP contribution in [0, 0.1) is 0 Å². The number of unbranched alkanes of at least 4 members (excludes halogenated alkanes) is 5. The van der Waals surface area contributed by atoms with Crippen molar-refractivity contribution < 1.29 is 19.3 Å². The van der Waals surface area contributed by atoms with Crippen LogP contribution in [0.2, 0.25) is 0 Å². The van der Waals surface area contributed by atoms with Gasteiger partial charge in [-0.3, -0.25) is 4.98 Å². The first-order chi connectivity index (χ1) is 17.5. The molecule has 5 rings (SSSR count). The molecule has 2 saturated heterocycles. The Labute approximate surface area is 215 Å². The molecule has 1 aliphatic carbocycles. The summed E-state index contributed by atoms with van der Waals surface area (Å²) < 4.78 is 17.3. The Balaban J connectivity index is 0.935. The number of aliphatic hydroxyl groups is 1. The number of nitrogens with zero attached hydrogens (tertiary/aromatic N) is 1. The molecule has 0 spiro atoms. The Bertz CT molecular complexity index is 1010. The average Bonchev–Trinajstić information content (AvgIpc) is 3.33. The van der Waals surface area contributed by atoms with Crippen LogP contribution in [0.4, 0.5) is 5.69 Å². The van der Waals surface area contributed by atoms with Gasteiger partial charge in [-0.15, -0.1) is 0 Å². The highest BCUT2D eigenvalue weighted by Gasteiger charge is 2.53. The van der Waals surface area contributed by atoms with Gasteiger partial charge in [0, 0.05) is 29.9 Å². The minimum Gasteiger partial charge on any atom is -0.387 e. The zero-order valence-corrected chi connectivity index (χ0v) is 21.9. The second kappa shape index (κ2) is 11.7. The molecule has 0 amide bonds. The summed E-state index contributed by atoms with van der Waals surface area (Å²) >= 11 is 0. The summed E-state index contributed by atoms with van der Waals surface area (Å²) in [5, 5.41) is 18.9. The van der Waals surface area contributed by atoms with Crippen LogP contribution in [0.15, 0.2) is 24.3 Å². The fraction of sp³-hybridized carbons (Fsp3) is 0.690. The first-order valence-corrected chi connectivity index (χ1v) is 14.1. The summed E-state index contributed by atoms with van der Waals surface area (Å²) in [5.74, 6) is -0.683. The fourth-order valence-electron chi connectivity index (χ4n) is 5.84. The monoisotopic (exact) mass is 497 g/mol. The third-order valence-electron chi connectivity index (χ3n) is 7.71. The summed E-state index contributed by atoms with van der Waals surface area (Å²) in [7, 11) is 0. The van der Waals surface area contributed by atoms with Gasteiger partial charge in [-0.2, -0.15) is 0 Å². The number of aryl methyl sites for hydroxylation is 1. The number of nitrogens with one attached hydrogen (secondary N) is 2. The van der Waals surface area contributed by atoms with E-state index in [-0.39, 0.29) is 12.2 Å². The Kier molecular flexibility index (Phi) is 8.43. The van der Waals surface area contributed by atoms with E-state index in [1.165, 1.54) is 67.3 Å². The number of anilines is 1. The lowest BCUT2D eigenvalue weighted by Gasteiger charge is -2.23. The number of para-hydroxylation sites is 1. The Morgan fingerprint density at radius 2 is 1.72 bits per heavy atom. The van der Waals surface area contributed by atoms with Crippen LogP contribution < -0.4 is 10.6 Å². The molecule has 0 radical (unpaired) electrons. The van der Waals surface area contributed by atoms with E-state index in [1.54, 1.807) is 0 Å². The standard InChI is InChI=1S/C29H43N3O4/c1-29(2)35-27-26(33)24(34-28(27)36-29)19-30-17-11-5-3-4-6-12-18-31-25-20-13-7-9-15-22(20)32-23-16-10-8-14-21(23)25/h7,9,13,15,24,26-28,30,33H,3-6,8,10-12,14,16-19H2,1-2H3,(H,31,32)/t24-,26+,27-,28-/m1/s1. The number of rotatable bonds is 12. The SMILES string of the molecule is CC1(C)O[C@H]2O[C@H](CNCCCCCCCCNc3c4c(nc5ccccc35)CCCC4)[C@H](O)[C@H]2O1. The second-order valence-electron chi connectivity index (χ2n) is 11.0. The third-order valence-corrected chi connectivity index (χ3v) is 7.71. The van der Waals surface area contributed by atoms with Crippen molar-refractivity contribution in [1.29, 1.82) is 0 Å². The van der Waals surface area contributed by atoms with Gasteiger partial charge in [-0.1, -0.05) is 43.9 Å². The molecule has 3 heterocycles. The van der Waals surface area contributed by atoms with Gasteiger partial charge in [0.2, 0.25) is 0 Å². The number of aliphatic hydroxyl groups excluding tert-OH is 1. The van der Waals surface area contributed by atoms with Gasteiger partial charge < -0.3 is 30.0 Å². The number of hydrogen-bond donors (Lipinski definition) is 3. The second-order valence-corrected chi connectivity index (χ2v) is 11.0. The molecule has 3 N–H and O–H groups in total. The van der Waals surface area contributed by atoms with E-state index in [2.05, 4.69) is 34.9 Å². The summed E-state index contributed by atoms with van der Waals surface area (Å²) in [5.41, 5.74) is 5.22. The summed E-state index contributed by atoms with van der Waals surface area (Å²) in [4.78, 5) is 4.94. The molecule has 0 bridgehead atoms. The van der Waals surface area contributed by atoms with E-state index >= 15 is 0 Å². The maximum absolute atomic E-state index is 10.4. The van der Waals surface area contributed by atoms with E-state index in [4.69, 9.17) is 19.2 Å². The van der Waals surface area contributed by atoms with E-state index in [1.807, 2.05) is 13.8 Å². The lowest BCUT2D eigenvalue weighted by Crippen LogP contribution is -2.40. The number of ether oxygens (including phenoxy) is 3. The largest absolute Gasteiger partial charge is 0.387 e.